The van der Waals surface area contributed by atoms with Gasteiger partial charge in [-0.1, -0.05) is 24.3 Å². The molecule has 19 heavy (non-hydrogen) atoms. The van der Waals surface area contributed by atoms with Crippen LogP contribution >= 0.6 is 11.3 Å². The van der Waals surface area contributed by atoms with Crippen molar-refractivity contribution in [1.82, 2.24) is 15.6 Å². The molecular weight excluding hydrogens is 258 g/mol. The smallest absolute Gasteiger partial charge is 0.237 e. The number of aromatic nitrogens is 1. The summed E-state index contributed by atoms with van der Waals surface area (Å²) in [7, 11) is 0. The molecule has 1 aliphatic rings. The molecule has 0 aliphatic carbocycles. The maximum atomic E-state index is 12.1. The highest BCUT2D eigenvalue weighted by atomic mass is 32.1. The van der Waals surface area contributed by atoms with Crippen molar-refractivity contribution in [1.29, 1.82) is 0 Å². The largest absolute Gasteiger partial charge is 0.348 e. The van der Waals surface area contributed by atoms with Gasteiger partial charge in [-0.15, -0.1) is 11.3 Å². The van der Waals surface area contributed by atoms with E-state index in [1.807, 2.05) is 17.5 Å². The summed E-state index contributed by atoms with van der Waals surface area (Å²) >= 11 is 1.55. The topological polar surface area (TPSA) is 54.0 Å². The van der Waals surface area contributed by atoms with E-state index in [1.165, 1.54) is 11.1 Å². The van der Waals surface area contributed by atoms with Crippen LogP contribution in [0.1, 0.15) is 16.1 Å². The second-order valence-electron chi connectivity index (χ2n) is 4.55. The molecule has 0 spiro atoms. The fourth-order valence-electron chi connectivity index (χ4n) is 2.27. The Hall–Kier alpha value is -1.72. The minimum atomic E-state index is -0.144. The van der Waals surface area contributed by atoms with Crippen LogP contribution in [0.4, 0.5) is 0 Å². The van der Waals surface area contributed by atoms with Crippen LogP contribution in [0.5, 0.6) is 0 Å². The number of nitrogens with zero attached hydrogens (tertiary/aromatic N) is 1. The Morgan fingerprint density at radius 2 is 2.26 bits per heavy atom. The zero-order valence-electron chi connectivity index (χ0n) is 10.4. The third-order valence-corrected chi connectivity index (χ3v) is 4.07. The van der Waals surface area contributed by atoms with E-state index in [4.69, 9.17) is 0 Å². The molecule has 1 unspecified atom stereocenters. The van der Waals surface area contributed by atoms with Crippen LogP contribution in [0.15, 0.2) is 35.8 Å². The molecule has 0 saturated heterocycles. The first-order valence-corrected chi connectivity index (χ1v) is 7.17. The second-order valence-corrected chi connectivity index (χ2v) is 5.53. The van der Waals surface area contributed by atoms with Gasteiger partial charge >= 0.3 is 0 Å². The molecule has 2 N–H and O–H groups in total. The van der Waals surface area contributed by atoms with E-state index in [0.717, 1.165) is 18.0 Å². The summed E-state index contributed by atoms with van der Waals surface area (Å²) in [6, 6.07) is 8.11. The average Bonchev–Trinajstić information content (AvgIpc) is 2.97. The van der Waals surface area contributed by atoms with Crippen LogP contribution in [-0.4, -0.2) is 16.9 Å². The first-order chi connectivity index (χ1) is 9.33. The van der Waals surface area contributed by atoms with Gasteiger partial charge in [0.15, 0.2) is 0 Å². The Bertz CT molecular complexity index is 568. The van der Waals surface area contributed by atoms with Crippen molar-refractivity contribution in [3.8, 4) is 0 Å². The molecule has 0 bridgehead atoms. The Morgan fingerprint density at radius 3 is 3.05 bits per heavy atom. The molecule has 3 rings (SSSR count). The molecule has 0 radical (unpaired) electrons. The number of carbonyl (C=O) groups is 1. The van der Waals surface area contributed by atoms with Gasteiger partial charge in [0, 0.05) is 18.1 Å². The molecule has 98 valence electrons. The van der Waals surface area contributed by atoms with Crippen molar-refractivity contribution < 1.29 is 4.79 Å². The maximum Gasteiger partial charge on any atom is 0.237 e. The first kappa shape index (κ1) is 12.3. The van der Waals surface area contributed by atoms with E-state index in [0.29, 0.717) is 6.54 Å². The van der Waals surface area contributed by atoms with Gasteiger partial charge in [-0.25, -0.2) is 4.98 Å². The van der Waals surface area contributed by atoms with Crippen LogP contribution in [0.25, 0.3) is 0 Å². The van der Waals surface area contributed by atoms with Crippen LogP contribution in [-0.2, 0) is 24.3 Å². The molecule has 0 fully saturated rings. The summed E-state index contributed by atoms with van der Waals surface area (Å²) < 4.78 is 0. The average molecular weight is 273 g/mol. The lowest BCUT2D eigenvalue weighted by molar-refractivity contribution is -0.123. The number of fused-ring (bicyclic) bond motifs is 1. The maximum absolute atomic E-state index is 12.1. The van der Waals surface area contributed by atoms with Gasteiger partial charge in [-0.2, -0.15) is 0 Å². The summed E-state index contributed by atoms with van der Waals surface area (Å²) in [6.07, 6.45) is 2.50. The van der Waals surface area contributed by atoms with Crippen molar-refractivity contribution in [3.05, 3.63) is 52.0 Å². The highest BCUT2D eigenvalue weighted by Gasteiger charge is 2.23. The Kier molecular flexibility index (Phi) is 3.57. The third-order valence-electron chi connectivity index (χ3n) is 3.30. The summed E-state index contributed by atoms with van der Waals surface area (Å²) in [4.78, 5) is 16.3. The molecule has 1 aromatic heterocycles. The lowest BCUT2D eigenvalue weighted by Gasteiger charge is -2.25. The fraction of sp³-hybridized carbons (Fsp3) is 0.286. The third kappa shape index (κ3) is 2.83. The molecule has 1 amide bonds. The minimum Gasteiger partial charge on any atom is -0.348 e. The number of benzene rings is 1. The number of amides is 1. The van der Waals surface area contributed by atoms with E-state index in [2.05, 4.69) is 27.8 Å². The van der Waals surface area contributed by atoms with E-state index in [9.17, 15) is 4.79 Å². The fourth-order valence-corrected chi connectivity index (χ4v) is 2.82. The van der Waals surface area contributed by atoms with Gasteiger partial charge in [0.1, 0.15) is 5.01 Å². The van der Waals surface area contributed by atoms with Gasteiger partial charge in [0.2, 0.25) is 5.91 Å². The van der Waals surface area contributed by atoms with Crippen LogP contribution in [0.2, 0.25) is 0 Å². The Balaban J connectivity index is 1.60. The summed E-state index contributed by atoms with van der Waals surface area (Å²) in [5.74, 6) is 0.0460. The molecule has 2 heterocycles. The number of hydrogen-bond acceptors (Lipinski definition) is 4. The molecular formula is C14H15N3OS. The molecule has 0 saturated carbocycles. The van der Waals surface area contributed by atoms with Crippen molar-refractivity contribution in [2.45, 2.75) is 25.6 Å². The van der Waals surface area contributed by atoms with Gasteiger partial charge in [-0.3, -0.25) is 4.79 Å². The Morgan fingerprint density at radius 1 is 1.42 bits per heavy atom. The predicted molar refractivity (Wildman–Crippen MR) is 74.7 cm³/mol. The number of hydrogen-bond donors (Lipinski definition) is 2. The number of nitrogens with one attached hydrogen (secondary N) is 2. The quantitative estimate of drug-likeness (QED) is 0.890. The van der Waals surface area contributed by atoms with Crippen molar-refractivity contribution in [3.63, 3.8) is 0 Å². The van der Waals surface area contributed by atoms with Gasteiger partial charge < -0.3 is 10.6 Å². The molecule has 1 aromatic carbocycles. The molecule has 5 heteroatoms. The molecule has 4 nitrogen and oxygen atoms in total. The van der Waals surface area contributed by atoms with Crippen molar-refractivity contribution in [2.24, 2.45) is 0 Å². The number of thiazole rings is 1. The highest BCUT2D eigenvalue weighted by Crippen LogP contribution is 2.16. The first-order valence-electron chi connectivity index (χ1n) is 6.29. The molecule has 1 aliphatic heterocycles. The van der Waals surface area contributed by atoms with Crippen LogP contribution < -0.4 is 10.6 Å². The SMILES string of the molecule is O=C(NCc1nccs1)C1Cc2ccccc2CN1. The zero-order valence-corrected chi connectivity index (χ0v) is 11.2. The normalized spacial score (nSPS) is 17.8. The van der Waals surface area contributed by atoms with E-state index in [1.54, 1.807) is 17.5 Å². The molecule has 1 atom stereocenters. The monoisotopic (exact) mass is 273 g/mol. The number of carbonyl (C=O) groups excluding carboxylic acids is 1. The number of rotatable bonds is 3. The second kappa shape index (κ2) is 5.50. The standard InChI is InChI=1S/C14H15N3OS/c18-14(17-9-13-15-5-6-19-13)12-7-10-3-1-2-4-11(10)8-16-12/h1-6,12,16H,7-9H2,(H,17,18). The van der Waals surface area contributed by atoms with Gasteiger partial charge in [0.25, 0.3) is 0 Å². The predicted octanol–water partition coefficient (Wildman–Crippen LogP) is 1.47. The van der Waals surface area contributed by atoms with Crippen molar-refractivity contribution in [2.75, 3.05) is 0 Å². The zero-order chi connectivity index (χ0) is 13.1. The summed E-state index contributed by atoms with van der Waals surface area (Å²) in [5.41, 5.74) is 2.54. The van der Waals surface area contributed by atoms with Gasteiger partial charge in [0.05, 0.1) is 12.6 Å². The Labute approximate surface area is 115 Å². The lowest BCUT2D eigenvalue weighted by Crippen LogP contribution is -2.47. The molecule has 2 aromatic rings. The summed E-state index contributed by atoms with van der Waals surface area (Å²) in [5, 5.41) is 9.06. The van der Waals surface area contributed by atoms with E-state index in [-0.39, 0.29) is 11.9 Å². The van der Waals surface area contributed by atoms with Crippen molar-refractivity contribution >= 4 is 17.2 Å². The lowest BCUT2D eigenvalue weighted by atomic mass is 9.95. The highest BCUT2D eigenvalue weighted by molar-refractivity contribution is 7.09. The minimum absolute atomic E-state index is 0.0460. The van der Waals surface area contributed by atoms with E-state index >= 15 is 0 Å². The van der Waals surface area contributed by atoms with Crippen LogP contribution in [0, 0.1) is 0 Å². The van der Waals surface area contributed by atoms with Crippen LogP contribution in [0.3, 0.4) is 0 Å². The summed E-state index contributed by atoms with van der Waals surface area (Å²) in [6.45, 7) is 1.27. The van der Waals surface area contributed by atoms with E-state index < -0.39 is 0 Å². The van der Waals surface area contributed by atoms with Gasteiger partial charge in [-0.05, 0) is 17.5 Å².